The number of rotatable bonds is 7. The largest absolute Gasteiger partial charge is 0.497 e. The summed E-state index contributed by atoms with van der Waals surface area (Å²) in [5, 5.41) is 7.17. The fourth-order valence-corrected chi connectivity index (χ4v) is 4.24. The number of aromatic nitrogens is 2. The topological polar surface area (TPSA) is 89.7 Å². The van der Waals surface area contributed by atoms with Crippen molar-refractivity contribution in [3.8, 4) is 22.9 Å². The maximum absolute atomic E-state index is 12.8. The van der Waals surface area contributed by atoms with Crippen LogP contribution in [0.1, 0.15) is 45.1 Å². The van der Waals surface area contributed by atoms with Gasteiger partial charge in [0.15, 0.2) is 0 Å². The van der Waals surface area contributed by atoms with Crippen molar-refractivity contribution in [3.63, 3.8) is 0 Å². The first kappa shape index (κ1) is 24.7. The molecule has 186 valence electrons. The molecule has 0 unspecified atom stereocenters. The van der Waals surface area contributed by atoms with E-state index in [0.717, 1.165) is 31.5 Å². The van der Waals surface area contributed by atoms with E-state index < -0.39 is 0 Å². The first-order chi connectivity index (χ1) is 16.8. The van der Waals surface area contributed by atoms with E-state index in [1.807, 2.05) is 12.1 Å². The maximum atomic E-state index is 12.8. The quantitative estimate of drug-likeness (QED) is 0.516. The molecule has 35 heavy (non-hydrogen) atoms. The van der Waals surface area contributed by atoms with Gasteiger partial charge in [0.05, 0.1) is 26.5 Å². The molecular weight excluding hydrogens is 444 g/mol. The van der Waals surface area contributed by atoms with E-state index in [-0.39, 0.29) is 17.2 Å². The predicted octanol–water partition coefficient (Wildman–Crippen LogP) is 4.90. The zero-order valence-corrected chi connectivity index (χ0v) is 21.1. The van der Waals surface area contributed by atoms with Gasteiger partial charge in [-0.05, 0) is 49.0 Å². The molecule has 8 heteroatoms. The number of hydrogen-bond donors (Lipinski definition) is 1. The van der Waals surface area contributed by atoms with Crippen LogP contribution in [-0.2, 0) is 16.8 Å². The average molecular weight is 479 g/mol. The number of benzene rings is 2. The van der Waals surface area contributed by atoms with Crippen LogP contribution < -0.4 is 14.8 Å². The standard InChI is InChI=1S/C27H34N4O4/c1-27(2,3)20-8-6-18(7-9-20)25-29-24(35-30-25)17-31-14-12-19(13-15-31)26(32)28-22-11-10-21(33-4)16-23(22)34-5/h6-11,16,19H,12-15,17H2,1-5H3,(H,28,32). The molecule has 0 atom stereocenters. The molecule has 1 N–H and O–H groups in total. The van der Waals surface area contributed by atoms with Gasteiger partial charge in [-0.1, -0.05) is 50.2 Å². The van der Waals surface area contributed by atoms with Crippen molar-refractivity contribution in [1.29, 1.82) is 0 Å². The Morgan fingerprint density at radius 3 is 2.43 bits per heavy atom. The Kier molecular flexibility index (Phi) is 7.40. The SMILES string of the molecule is COc1ccc(NC(=O)C2CCN(Cc3nc(-c4ccc(C(C)(C)C)cc4)no3)CC2)c(OC)c1. The Hall–Kier alpha value is -3.39. The van der Waals surface area contributed by atoms with E-state index in [2.05, 4.69) is 53.3 Å². The fraction of sp³-hybridized carbons (Fsp3) is 0.444. The summed E-state index contributed by atoms with van der Waals surface area (Å²) >= 11 is 0. The van der Waals surface area contributed by atoms with Gasteiger partial charge >= 0.3 is 0 Å². The Bertz CT molecular complexity index is 1140. The van der Waals surface area contributed by atoms with Crippen LogP contribution in [0.4, 0.5) is 5.69 Å². The third-order valence-corrected chi connectivity index (χ3v) is 6.46. The second-order valence-electron chi connectivity index (χ2n) is 9.94. The molecule has 1 aliphatic rings. The molecule has 1 amide bonds. The molecule has 2 aromatic carbocycles. The van der Waals surface area contributed by atoms with Crippen LogP contribution in [-0.4, -0.2) is 48.3 Å². The molecule has 1 aliphatic heterocycles. The van der Waals surface area contributed by atoms with Gasteiger partial charge in [0.25, 0.3) is 0 Å². The second-order valence-corrected chi connectivity index (χ2v) is 9.94. The molecule has 1 fully saturated rings. The molecule has 0 saturated carbocycles. The number of ether oxygens (including phenoxy) is 2. The van der Waals surface area contributed by atoms with Gasteiger partial charge in [0.1, 0.15) is 11.5 Å². The first-order valence-corrected chi connectivity index (χ1v) is 12.0. The summed E-state index contributed by atoms with van der Waals surface area (Å²) in [7, 11) is 3.17. The molecule has 0 aliphatic carbocycles. The number of carbonyl (C=O) groups excluding carboxylic acids is 1. The third kappa shape index (κ3) is 6.00. The van der Waals surface area contributed by atoms with Gasteiger partial charge in [-0.25, -0.2) is 0 Å². The minimum atomic E-state index is -0.0577. The highest BCUT2D eigenvalue weighted by Crippen LogP contribution is 2.30. The lowest BCUT2D eigenvalue weighted by Crippen LogP contribution is -2.37. The lowest BCUT2D eigenvalue weighted by Gasteiger charge is -2.30. The van der Waals surface area contributed by atoms with Crippen LogP contribution in [0.2, 0.25) is 0 Å². The van der Waals surface area contributed by atoms with E-state index in [1.54, 1.807) is 32.4 Å². The Labute approximate surface area is 206 Å². The Morgan fingerprint density at radius 1 is 1.09 bits per heavy atom. The lowest BCUT2D eigenvalue weighted by molar-refractivity contribution is -0.121. The number of methoxy groups -OCH3 is 2. The number of anilines is 1. The summed E-state index contributed by atoms with van der Waals surface area (Å²) in [5.74, 6) is 2.40. The van der Waals surface area contributed by atoms with Gasteiger partial charge in [-0.15, -0.1) is 0 Å². The lowest BCUT2D eigenvalue weighted by atomic mass is 9.87. The summed E-state index contributed by atoms with van der Waals surface area (Å²) in [5.41, 5.74) is 2.96. The maximum Gasteiger partial charge on any atom is 0.241 e. The van der Waals surface area contributed by atoms with Crippen molar-refractivity contribution < 1.29 is 18.8 Å². The van der Waals surface area contributed by atoms with Gasteiger partial charge in [-0.3, -0.25) is 9.69 Å². The molecule has 2 heterocycles. The Morgan fingerprint density at radius 2 is 1.80 bits per heavy atom. The highest BCUT2D eigenvalue weighted by Gasteiger charge is 2.27. The molecule has 1 saturated heterocycles. The first-order valence-electron chi connectivity index (χ1n) is 12.0. The van der Waals surface area contributed by atoms with E-state index in [0.29, 0.717) is 35.4 Å². The minimum Gasteiger partial charge on any atom is -0.497 e. The molecule has 8 nitrogen and oxygen atoms in total. The van der Waals surface area contributed by atoms with Crippen LogP contribution in [0.25, 0.3) is 11.4 Å². The van der Waals surface area contributed by atoms with Crippen LogP contribution in [0.3, 0.4) is 0 Å². The van der Waals surface area contributed by atoms with Crippen molar-refractivity contribution in [2.45, 2.75) is 45.6 Å². The van der Waals surface area contributed by atoms with Crippen molar-refractivity contribution in [2.24, 2.45) is 5.92 Å². The number of amides is 1. The molecule has 0 radical (unpaired) electrons. The number of likely N-dealkylation sites (tertiary alicyclic amines) is 1. The van der Waals surface area contributed by atoms with Crippen LogP contribution in [0.15, 0.2) is 47.0 Å². The van der Waals surface area contributed by atoms with Crippen molar-refractivity contribution in [1.82, 2.24) is 15.0 Å². The van der Waals surface area contributed by atoms with E-state index in [1.165, 1.54) is 5.56 Å². The van der Waals surface area contributed by atoms with E-state index >= 15 is 0 Å². The number of piperidine rings is 1. The average Bonchev–Trinajstić information content (AvgIpc) is 3.32. The zero-order valence-electron chi connectivity index (χ0n) is 21.1. The van der Waals surface area contributed by atoms with Crippen LogP contribution in [0, 0.1) is 5.92 Å². The van der Waals surface area contributed by atoms with Crippen LogP contribution >= 0.6 is 0 Å². The molecule has 1 aromatic heterocycles. The van der Waals surface area contributed by atoms with Crippen molar-refractivity contribution >= 4 is 11.6 Å². The normalized spacial score (nSPS) is 15.1. The number of carbonyl (C=O) groups is 1. The van der Waals surface area contributed by atoms with Gasteiger partial charge < -0.3 is 19.3 Å². The summed E-state index contributed by atoms with van der Waals surface area (Å²) in [4.78, 5) is 19.7. The number of nitrogens with zero attached hydrogens (tertiary/aromatic N) is 3. The van der Waals surface area contributed by atoms with E-state index in [4.69, 9.17) is 14.0 Å². The molecule has 0 spiro atoms. The highest BCUT2D eigenvalue weighted by molar-refractivity contribution is 5.94. The van der Waals surface area contributed by atoms with Gasteiger partial charge in [0.2, 0.25) is 17.6 Å². The van der Waals surface area contributed by atoms with Crippen molar-refractivity contribution in [2.75, 3.05) is 32.6 Å². The number of hydrogen-bond acceptors (Lipinski definition) is 7. The third-order valence-electron chi connectivity index (χ3n) is 6.46. The van der Waals surface area contributed by atoms with Crippen LogP contribution in [0.5, 0.6) is 11.5 Å². The fourth-order valence-electron chi connectivity index (χ4n) is 4.24. The molecule has 4 rings (SSSR count). The summed E-state index contributed by atoms with van der Waals surface area (Å²) in [6.45, 7) is 8.73. The van der Waals surface area contributed by atoms with Crippen molar-refractivity contribution in [3.05, 3.63) is 53.9 Å². The smallest absolute Gasteiger partial charge is 0.241 e. The second kappa shape index (κ2) is 10.5. The molecule has 0 bridgehead atoms. The van der Waals surface area contributed by atoms with Gasteiger partial charge in [0, 0.05) is 17.5 Å². The summed E-state index contributed by atoms with van der Waals surface area (Å²) in [6, 6.07) is 13.7. The monoisotopic (exact) mass is 478 g/mol. The summed E-state index contributed by atoms with van der Waals surface area (Å²) < 4.78 is 16.1. The number of nitrogens with one attached hydrogen (secondary N) is 1. The zero-order chi connectivity index (χ0) is 25.0. The van der Waals surface area contributed by atoms with E-state index in [9.17, 15) is 4.79 Å². The molecular formula is C27H34N4O4. The highest BCUT2D eigenvalue weighted by atomic mass is 16.5. The predicted molar refractivity (Wildman–Crippen MR) is 135 cm³/mol. The Balaban J connectivity index is 1.30. The molecule has 3 aromatic rings. The minimum absolute atomic E-state index is 0.00639. The summed E-state index contributed by atoms with van der Waals surface area (Å²) in [6.07, 6.45) is 1.53. The van der Waals surface area contributed by atoms with Gasteiger partial charge in [-0.2, -0.15) is 4.98 Å².